The Morgan fingerprint density at radius 1 is 1.11 bits per heavy atom. The van der Waals surface area contributed by atoms with Crippen LogP contribution in [0.25, 0.3) is 0 Å². The highest BCUT2D eigenvalue weighted by atomic mass is 16.5. The highest BCUT2D eigenvalue weighted by Gasteiger charge is 2.14. The van der Waals surface area contributed by atoms with Crippen molar-refractivity contribution in [3.8, 4) is 0 Å². The van der Waals surface area contributed by atoms with Gasteiger partial charge in [-0.1, -0.05) is 42.5 Å². The van der Waals surface area contributed by atoms with E-state index < -0.39 is 0 Å². The Bertz CT molecular complexity index is 409. The van der Waals surface area contributed by atoms with E-state index >= 15 is 0 Å². The zero-order chi connectivity index (χ0) is 13.3. The summed E-state index contributed by atoms with van der Waals surface area (Å²) in [5.41, 5.74) is 1.31. The van der Waals surface area contributed by atoms with Crippen LogP contribution in [-0.2, 0) is 16.0 Å². The maximum atomic E-state index is 11.7. The van der Waals surface area contributed by atoms with E-state index in [1.807, 2.05) is 6.07 Å². The minimum atomic E-state index is -0.0339. The molecule has 0 saturated carbocycles. The van der Waals surface area contributed by atoms with Gasteiger partial charge in [-0.05, 0) is 37.7 Å². The van der Waals surface area contributed by atoms with E-state index in [9.17, 15) is 4.79 Å². The number of carbonyl (C=O) groups is 1. The van der Waals surface area contributed by atoms with E-state index in [1.54, 1.807) is 0 Å². The Hall–Kier alpha value is -1.57. The monoisotopic (exact) mass is 258 g/mol. The molecule has 0 N–H and O–H groups in total. The van der Waals surface area contributed by atoms with Crippen LogP contribution in [0.3, 0.4) is 0 Å². The van der Waals surface area contributed by atoms with Gasteiger partial charge in [-0.15, -0.1) is 0 Å². The van der Waals surface area contributed by atoms with Crippen LogP contribution in [0.4, 0.5) is 0 Å². The van der Waals surface area contributed by atoms with Gasteiger partial charge in [-0.25, -0.2) is 0 Å². The third-order valence-electron chi connectivity index (χ3n) is 3.46. The van der Waals surface area contributed by atoms with Gasteiger partial charge < -0.3 is 4.74 Å². The van der Waals surface area contributed by atoms with Gasteiger partial charge in [0.1, 0.15) is 6.10 Å². The predicted octanol–water partition coefficient (Wildman–Crippen LogP) is 4.05. The Morgan fingerprint density at radius 2 is 1.95 bits per heavy atom. The van der Waals surface area contributed by atoms with E-state index in [2.05, 4.69) is 36.4 Å². The van der Waals surface area contributed by atoms with Crippen LogP contribution < -0.4 is 0 Å². The molecule has 102 valence electrons. The molecule has 2 rings (SSSR count). The first kappa shape index (κ1) is 13.9. The molecule has 0 saturated heterocycles. The Morgan fingerprint density at radius 3 is 2.79 bits per heavy atom. The Labute approximate surface area is 115 Å². The molecular weight excluding hydrogens is 236 g/mol. The number of rotatable bonds is 3. The molecule has 0 aliphatic carbocycles. The number of benzene rings is 1. The molecular formula is C17H22O2. The molecule has 1 atom stereocenters. The van der Waals surface area contributed by atoms with Crippen LogP contribution in [0.2, 0.25) is 0 Å². The quantitative estimate of drug-likeness (QED) is 0.604. The molecule has 0 aromatic heterocycles. The van der Waals surface area contributed by atoms with Gasteiger partial charge in [0.15, 0.2) is 0 Å². The summed E-state index contributed by atoms with van der Waals surface area (Å²) in [5, 5.41) is 0. The third-order valence-corrected chi connectivity index (χ3v) is 3.46. The lowest BCUT2D eigenvalue weighted by Gasteiger charge is -2.17. The fraction of sp³-hybridized carbons (Fsp3) is 0.471. The van der Waals surface area contributed by atoms with Crippen molar-refractivity contribution in [2.24, 2.45) is 0 Å². The van der Waals surface area contributed by atoms with Crippen molar-refractivity contribution in [1.29, 1.82) is 0 Å². The average molecular weight is 258 g/mol. The smallest absolute Gasteiger partial charge is 0.306 e. The lowest BCUT2D eigenvalue weighted by molar-refractivity contribution is -0.149. The minimum Gasteiger partial charge on any atom is -0.462 e. The van der Waals surface area contributed by atoms with Gasteiger partial charge in [0.25, 0.3) is 0 Å². The van der Waals surface area contributed by atoms with Crippen molar-refractivity contribution in [1.82, 2.24) is 0 Å². The van der Waals surface area contributed by atoms with E-state index in [0.717, 1.165) is 38.5 Å². The summed E-state index contributed by atoms with van der Waals surface area (Å²) in [6.07, 6.45) is 10.8. The maximum absolute atomic E-state index is 11.7. The van der Waals surface area contributed by atoms with Crippen LogP contribution in [0.1, 0.15) is 44.1 Å². The Balaban J connectivity index is 1.88. The molecule has 1 aromatic rings. The van der Waals surface area contributed by atoms with Crippen molar-refractivity contribution in [3.63, 3.8) is 0 Å². The van der Waals surface area contributed by atoms with Crippen LogP contribution >= 0.6 is 0 Å². The second-order valence-electron chi connectivity index (χ2n) is 5.09. The number of hydrogen-bond acceptors (Lipinski definition) is 2. The van der Waals surface area contributed by atoms with Crippen LogP contribution in [0.5, 0.6) is 0 Å². The molecule has 0 spiro atoms. The normalized spacial score (nSPS) is 22.5. The fourth-order valence-electron chi connectivity index (χ4n) is 2.34. The SMILES string of the molecule is O=C1CCCC/C=C\CC(CCc2ccccc2)O1. The number of aryl methyl sites for hydroxylation is 1. The van der Waals surface area contributed by atoms with E-state index in [-0.39, 0.29) is 12.1 Å². The molecule has 0 amide bonds. The van der Waals surface area contributed by atoms with Gasteiger partial charge in [0, 0.05) is 12.8 Å². The lowest BCUT2D eigenvalue weighted by atomic mass is 10.0. The summed E-state index contributed by atoms with van der Waals surface area (Å²) >= 11 is 0. The van der Waals surface area contributed by atoms with Gasteiger partial charge >= 0.3 is 5.97 Å². The van der Waals surface area contributed by atoms with Gasteiger partial charge in [-0.3, -0.25) is 4.79 Å². The van der Waals surface area contributed by atoms with E-state index in [0.29, 0.717) is 6.42 Å². The summed E-state index contributed by atoms with van der Waals surface area (Å²) in [7, 11) is 0. The zero-order valence-corrected chi connectivity index (χ0v) is 11.4. The highest BCUT2D eigenvalue weighted by Crippen LogP contribution is 2.15. The summed E-state index contributed by atoms with van der Waals surface area (Å²) in [6.45, 7) is 0. The van der Waals surface area contributed by atoms with Crippen molar-refractivity contribution >= 4 is 5.97 Å². The van der Waals surface area contributed by atoms with Gasteiger partial charge in [0.2, 0.25) is 0 Å². The molecule has 1 aliphatic heterocycles. The molecule has 1 aromatic carbocycles. The second kappa shape index (κ2) is 7.78. The summed E-state index contributed by atoms with van der Waals surface area (Å²) in [5.74, 6) is -0.0339. The summed E-state index contributed by atoms with van der Waals surface area (Å²) < 4.78 is 5.56. The summed E-state index contributed by atoms with van der Waals surface area (Å²) in [6, 6.07) is 10.4. The molecule has 2 nitrogen and oxygen atoms in total. The number of carbonyl (C=O) groups excluding carboxylic acids is 1. The molecule has 19 heavy (non-hydrogen) atoms. The average Bonchev–Trinajstić information content (AvgIpc) is 2.45. The van der Waals surface area contributed by atoms with Crippen molar-refractivity contribution < 1.29 is 9.53 Å². The minimum absolute atomic E-state index is 0.0297. The van der Waals surface area contributed by atoms with Crippen molar-refractivity contribution in [2.75, 3.05) is 0 Å². The molecule has 0 radical (unpaired) electrons. The number of esters is 1. The number of allylic oxidation sites excluding steroid dienone is 1. The van der Waals surface area contributed by atoms with Gasteiger partial charge in [0.05, 0.1) is 0 Å². The first-order valence-electron chi connectivity index (χ1n) is 7.23. The van der Waals surface area contributed by atoms with Crippen molar-refractivity contribution in [2.45, 2.75) is 51.0 Å². The molecule has 1 unspecified atom stereocenters. The summed E-state index contributed by atoms with van der Waals surface area (Å²) in [4.78, 5) is 11.7. The van der Waals surface area contributed by atoms with Gasteiger partial charge in [-0.2, -0.15) is 0 Å². The second-order valence-corrected chi connectivity index (χ2v) is 5.09. The highest BCUT2D eigenvalue weighted by molar-refractivity contribution is 5.69. The molecule has 0 fully saturated rings. The van der Waals surface area contributed by atoms with Crippen LogP contribution in [0.15, 0.2) is 42.5 Å². The number of hydrogen-bond donors (Lipinski definition) is 0. The van der Waals surface area contributed by atoms with Crippen LogP contribution in [-0.4, -0.2) is 12.1 Å². The molecule has 1 aliphatic rings. The largest absolute Gasteiger partial charge is 0.462 e. The molecule has 1 heterocycles. The lowest BCUT2D eigenvalue weighted by Crippen LogP contribution is -2.18. The van der Waals surface area contributed by atoms with Crippen LogP contribution in [0, 0.1) is 0 Å². The molecule has 2 heteroatoms. The Kier molecular flexibility index (Phi) is 5.67. The van der Waals surface area contributed by atoms with Crippen molar-refractivity contribution in [3.05, 3.63) is 48.0 Å². The van der Waals surface area contributed by atoms with E-state index in [1.165, 1.54) is 5.56 Å². The topological polar surface area (TPSA) is 26.3 Å². The fourth-order valence-corrected chi connectivity index (χ4v) is 2.34. The molecule has 0 bridgehead atoms. The number of ether oxygens (including phenoxy) is 1. The maximum Gasteiger partial charge on any atom is 0.306 e. The first-order valence-corrected chi connectivity index (χ1v) is 7.23. The third kappa shape index (κ3) is 5.29. The number of cyclic esters (lactones) is 1. The standard InChI is InChI=1S/C17H22O2/c18-17-12-8-3-1-2-7-11-16(19-17)14-13-15-9-5-4-6-10-15/h2,4-7,9-10,16H,1,3,8,11-14H2/b7-2-. The zero-order valence-electron chi connectivity index (χ0n) is 11.4. The predicted molar refractivity (Wildman–Crippen MR) is 76.9 cm³/mol. The first-order chi connectivity index (χ1) is 9.34. The van der Waals surface area contributed by atoms with E-state index in [4.69, 9.17) is 4.74 Å².